The van der Waals surface area contributed by atoms with Crippen LogP contribution in [0, 0.1) is 5.82 Å². The van der Waals surface area contributed by atoms with Crippen LogP contribution in [0.25, 0.3) is 0 Å². The minimum absolute atomic E-state index is 0.130. The van der Waals surface area contributed by atoms with E-state index in [2.05, 4.69) is 5.32 Å². The third-order valence-electron chi connectivity index (χ3n) is 2.63. The molecule has 0 aliphatic heterocycles. The van der Waals surface area contributed by atoms with Crippen LogP contribution in [0.1, 0.15) is 18.9 Å². The number of halogens is 1. The van der Waals surface area contributed by atoms with E-state index in [9.17, 15) is 12.8 Å². The highest BCUT2D eigenvalue weighted by atomic mass is 32.2. The molecule has 0 atom stereocenters. The van der Waals surface area contributed by atoms with Gasteiger partial charge in [-0.15, -0.1) is 0 Å². The zero-order chi connectivity index (χ0) is 13.8. The monoisotopic (exact) mass is 274 g/mol. The number of benzene rings is 1. The maximum absolute atomic E-state index is 13.4. The van der Waals surface area contributed by atoms with Crippen molar-refractivity contribution in [2.75, 3.05) is 20.6 Å². The van der Waals surface area contributed by atoms with Crippen LogP contribution >= 0.6 is 0 Å². The predicted molar refractivity (Wildman–Crippen MR) is 69.3 cm³/mol. The smallest absolute Gasteiger partial charge is 0.242 e. The molecule has 0 unspecified atom stereocenters. The Hall–Kier alpha value is -0.980. The first-order valence-electron chi connectivity index (χ1n) is 5.82. The van der Waals surface area contributed by atoms with Crippen molar-refractivity contribution >= 4 is 10.0 Å². The second kappa shape index (κ2) is 6.26. The van der Waals surface area contributed by atoms with E-state index in [0.717, 1.165) is 6.42 Å². The van der Waals surface area contributed by atoms with Gasteiger partial charge in [0.25, 0.3) is 0 Å². The Bertz CT molecular complexity index is 503. The highest BCUT2D eigenvalue weighted by molar-refractivity contribution is 7.89. The van der Waals surface area contributed by atoms with Crippen molar-refractivity contribution in [1.29, 1.82) is 0 Å². The third-order valence-corrected chi connectivity index (χ3v) is 4.48. The number of nitrogens with one attached hydrogen (secondary N) is 1. The second-order valence-electron chi connectivity index (χ2n) is 4.11. The molecule has 0 radical (unpaired) electrons. The summed E-state index contributed by atoms with van der Waals surface area (Å²) in [5.74, 6) is -0.401. The average Bonchev–Trinajstić information content (AvgIpc) is 2.32. The van der Waals surface area contributed by atoms with E-state index in [0.29, 0.717) is 18.7 Å². The standard InChI is InChI=1S/C12H19FN2O2S/c1-4-7-15(3)18(16,17)11-5-6-12(13)10(8-11)9-14-2/h5-6,8,14H,4,7,9H2,1-3H3. The van der Waals surface area contributed by atoms with Crippen molar-refractivity contribution in [3.8, 4) is 0 Å². The molecule has 1 aromatic rings. The van der Waals surface area contributed by atoms with Crippen molar-refractivity contribution in [3.63, 3.8) is 0 Å². The molecule has 0 aliphatic rings. The van der Waals surface area contributed by atoms with Gasteiger partial charge in [-0.3, -0.25) is 0 Å². The molecule has 0 aliphatic carbocycles. The molecule has 0 heterocycles. The average molecular weight is 274 g/mol. The Balaban J connectivity index is 3.13. The fraction of sp³-hybridized carbons (Fsp3) is 0.500. The molecule has 1 aromatic carbocycles. The zero-order valence-corrected chi connectivity index (χ0v) is 11.7. The highest BCUT2D eigenvalue weighted by Gasteiger charge is 2.21. The molecule has 0 saturated heterocycles. The van der Waals surface area contributed by atoms with E-state index in [1.54, 1.807) is 7.05 Å². The Labute approximate surface area is 108 Å². The van der Waals surface area contributed by atoms with Gasteiger partial charge in [0.05, 0.1) is 4.90 Å². The van der Waals surface area contributed by atoms with Gasteiger partial charge in [0.15, 0.2) is 0 Å². The minimum Gasteiger partial charge on any atom is -0.316 e. The molecule has 102 valence electrons. The van der Waals surface area contributed by atoms with Gasteiger partial charge in [-0.1, -0.05) is 6.92 Å². The number of hydrogen-bond acceptors (Lipinski definition) is 3. The van der Waals surface area contributed by atoms with Crippen LogP contribution in [0.3, 0.4) is 0 Å². The molecule has 6 heteroatoms. The van der Waals surface area contributed by atoms with Crippen LogP contribution in [0.5, 0.6) is 0 Å². The Morgan fingerprint density at radius 3 is 2.61 bits per heavy atom. The maximum atomic E-state index is 13.4. The summed E-state index contributed by atoms with van der Waals surface area (Å²) in [7, 11) is -0.308. The van der Waals surface area contributed by atoms with E-state index in [4.69, 9.17) is 0 Å². The van der Waals surface area contributed by atoms with E-state index in [1.165, 1.54) is 29.6 Å². The first-order valence-corrected chi connectivity index (χ1v) is 7.26. The van der Waals surface area contributed by atoms with Gasteiger partial charge in [-0.05, 0) is 31.7 Å². The Kier molecular flexibility index (Phi) is 5.25. The van der Waals surface area contributed by atoms with Crippen LogP contribution in [-0.2, 0) is 16.6 Å². The van der Waals surface area contributed by atoms with Crippen molar-refractivity contribution < 1.29 is 12.8 Å². The number of nitrogens with zero attached hydrogens (tertiary/aromatic N) is 1. The number of rotatable bonds is 6. The van der Waals surface area contributed by atoms with Crippen molar-refractivity contribution in [3.05, 3.63) is 29.6 Å². The molecule has 0 saturated carbocycles. The summed E-state index contributed by atoms with van der Waals surface area (Å²) >= 11 is 0. The number of hydrogen-bond donors (Lipinski definition) is 1. The van der Waals surface area contributed by atoms with Gasteiger partial charge < -0.3 is 5.32 Å². The largest absolute Gasteiger partial charge is 0.316 e. The zero-order valence-electron chi connectivity index (χ0n) is 10.9. The van der Waals surface area contributed by atoms with Crippen molar-refractivity contribution in [1.82, 2.24) is 9.62 Å². The fourth-order valence-corrected chi connectivity index (χ4v) is 2.97. The summed E-state index contributed by atoms with van der Waals surface area (Å²) < 4.78 is 39.1. The quantitative estimate of drug-likeness (QED) is 0.856. The summed E-state index contributed by atoms with van der Waals surface area (Å²) in [6.07, 6.45) is 0.736. The molecule has 1 rings (SSSR count). The van der Waals surface area contributed by atoms with Crippen LogP contribution in [0.15, 0.2) is 23.1 Å². The molecule has 1 N–H and O–H groups in total. The molecule has 0 aromatic heterocycles. The summed E-state index contributed by atoms with van der Waals surface area (Å²) in [5.41, 5.74) is 0.350. The summed E-state index contributed by atoms with van der Waals surface area (Å²) in [5, 5.41) is 2.81. The van der Waals surface area contributed by atoms with Gasteiger partial charge in [-0.25, -0.2) is 17.1 Å². The third kappa shape index (κ3) is 3.28. The normalized spacial score (nSPS) is 12.1. The summed E-state index contributed by atoms with van der Waals surface area (Å²) in [4.78, 5) is 0.130. The lowest BCUT2D eigenvalue weighted by molar-refractivity contribution is 0.468. The molecule has 0 amide bonds. The first-order chi connectivity index (χ1) is 8.43. The maximum Gasteiger partial charge on any atom is 0.242 e. The molecular formula is C12H19FN2O2S. The SMILES string of the molecule is CCCN(C)S(=O)(=O)c1ccc(F)c(CNC)c1. The first kappa shape index (κ1) is 15.1. The van der Waals surface area contributed by atoms with E-state index in [-0.39, 0.29) is 4.90 Å². The van der Waals surface area contributed by atoms with Crippen LogP contribution < -0.4 is 5.32 Å². The summed E-state index contributed by atoms with van der Waals surface area (Å²) in [6, 6.07) is 3.88. The van der Waals surface area contributed by atoms with Crippen LogP contribution in [-0.4, -0.2) is 33.4 Å². The summed E-state index contributed by atoms with van der Waals surface area (Å²) in [6.45, 7) is 2.65. The van der Waals surface area contributed by atoms with Gasteiger partial charge >= 0.3 is 0 Å². The topological polar surface area (TPSA) is 49.4 Å². The van der Waals surface area contributed by atoms with E-state index < -0.39 is 15.8 Å². The lowest BCUT2D eigenvalue weighted by Crippen LogP contribution is -2.27. The van der Waals surface area contributed by atoms with Gasteiger partial charge in [0.2, 0.25) is 10.0 Å². The molecular weight excluding hydrogens is 255 g/mol. The van der Waals surface area contributed by atoms with Gasteiger partial charge in [-0.2, -0.15) is 0 Å². The lowest BCUT2D eigenvalue weighted by atomic mass is 10.2. The van der Waals surface area contributed by atoms with Crippen LogP contribution in [0.2, 0.25) is 0 Å². The van der Waals surface area contributed by atoms with Gasteiger partial charge in [0, 0.05) is 25.7 Å². The van der Waals surface area contributed by atoms with Crippen molar-refractivity contribution in [2.45, 2.75) is 24.8 Å². The van der Waals surface area contributed by atoms with Crippen LogP contribution in [0.4, 0.5) is 4.39 Å². The fourth-order valence-electron chi connectivity index (χ4n) is 1.65. The van der Waals surface area contributed by atoms with Gasteiger partial charge in [0.1, 0.15) is 5.82 Å². The van der Waals surface area contributed by atoms with E-state index >= 15 is 0 Å². The minimum atomic E-state index is -3.52. The second-order valence-corrected chi connectivity index (χ2v) is 6.16. The molecule has 0 bridgehead atoms. The molecule has 0 fully saturated rings. The van der Waals surface area contributed by atoms with E-state index in [1.807, 2.05) is 6.92 Å². The molecule has 18 heavy (non-hydrogen) atoms. The highest BCUT2D eigenvalue weighted by Crippen LogP contribution is 2.18. The Morgan fingerprint density at radius 1 is 1.39 bits per heavy atom. The number of sulfonamides is 1. The predicted octanol–water partition coefficient (Wildman–Crippen LogP) is 1.58. The lowest BCUT2D eigenvalue weighted by Gasteiger charge is -2.17. The molecule has 4 nitrogen and oxygen atoms in total. The van der Waals surface area contributed by atoms with Crippen molar-refractivity contribution in [2.24, 2.45) is 0 Å². The molecule has 0 spiro atoms. The Morgan fingerprint density at radius 2 is 2.06 bits per heavy atom.